The third-order valence-corrected chi connectivity index (χ3v) is 3.61. The summed E-state index contributed by atoms with van der Waals surface area (Å²) in [5.74, 6) is 0.614. The molecule has 0 aliphatic carbocycles. The second-order valence-corrected chi connectivity index (χ2v) is 4.05. The average molecular weight is 175 g/mol. The molecule has 0 aromatic carbocycles. The molecular formula is C8H21NOSi. The third kappa shape index (κ3) is 3.89. The molecule has 0 aromatic rings. The van der Waals surface area contributed by atoms with Crippen LogP contribution in [0.5, 0.6) is 0 Å². The Balaban J connectivity index is 3.71. The summed E-state index contributed by atoms with van der Waals surface area (Å²) in [6.45, 7) is 7.33. The Hall–Kier alpha value is 0.137. The molecule has 0 radical (unpaired) electrons. The molecule has 68 valence electrons. The van der Waals surface area contributed by atoms with E-state index in [-0.39, 0.29) is 5.60 Å². The minimum Gasteiger partial charge on any atom is -0.423 e. The minimum atomic E-state index is 0.0569. The van der Waals surface area contributed by atoms with Crippen LogP contribution in [0.1, 0.15) is 33.6 Å². The lowest BCUT2D eigenvalue weighted by molar-refractivity contribution is 0.0569. The molecule has 1 atom stereocenters. The van der Waals surface area contributed by atoms with E-state index >= 15 is 0 Å². The molecule has 1 unspecified atom stereocenters. The Morgan fingerprint density at radius 2 is 2.09 bits per heavy atom. The van der Waals surface area contributed by atoms with Crippen LogP contribution in [0.15, 0.2) is 0 Å². The van der Waals surface area contributed by atoms with Gasteiger partial charge in [0.05, 0.1) is 5.60 Å². The maximum atomic E-state index is 5.49. The summed E-state index contributed by atoms with van der Waals surface area (Å²) in [5, 5.41) is 0. The summed E-state index contributed by atoms with van der Waals surface area (Å²) in [5.41, 5.74) is 5.49. The lowest BCUT2D eigenvalue weighted by atomic mass is 9.89. The molecule has 2 N–H and O–H groups in total. The summed E-state index contributed by atoms with van der Waals surface area (Å²) in [6, 6.07) is 0. The second kappa shape index (κ2) is 4.90. The molecule has 0 aromatic heterocycles. The smallest absolute Gasteiger partial charge is 0.146 e. The molecule has 0 aliphatic rings. The van der Waals surface area contributed by atoms with Crippen molar-refractivity contribution in [1.29, 1.82) is 0 Å². The molecular weight excluding hydrogens is 154 g/mol. The summed E-state index contributed by atoms with van der Waals surface area (Å²) >= 11 is 0. The zero-order chi connectivity index (χ0) is 8.91. The van der Waals surface area contributed by atoms with E-state index in [1.807, 2.05) is 0 Å². The zero-order valence-electron chi connectivity index (χ0n) is 8.18. The maximum Gasteiger partial charge on any atom is 0.146 e. The standard InChI is InChI=1S/C8H21NOSi/c1-7(5-4-6-9)8(2,3)10-11/h7H,4-6,9H2,1-3,11H3. The van der Waals surface area contributed by atoms with Gasteiger partial charge in [-0.15, -0.1) is 0 Å². The SMILES string of the molecule is CC(CCCN)C(C)(C)O[SiH3]. The molecule has 0 amide bonds. The minimum absolute atomic E-state index is 0.0569. The Bertz CT molecular complexity index is 106. The first kappa shape index (κ1) is 11.1. The Labute approximate surface area is 73.0 Å². The van der Waals surface area contributed by atoms with Gasteiger partial charge in [-0.1, -0.05) is 6.92 Å². The maximum absolute atomic E-state index is 5.49. The molecule has 2 nitrogen and oxygen atoms in total. The van der Waals surface area contributed by atoms with Crippen LogP contribution in [0, 0.1) is 5.92 Å². The summed E-state index contributed by atoms with van der Waals surface area (Å²) in [4.78, 5) is 0. The van der Waals surface area contributed by atoms with Crippen LogP contribution in [-0.4, -0.2) is 22.6 Å². The van der Waals surface area contributed by atoms with E-state index < -0.39 is 0 Å². The van der Waals surface area contributed by atoms with E-state index in [0.717, 1.165) is 23.5 Å². The van der Waals surface area contributed by atoms with E-state index in [1.54, 1.807) is 0 Å². The lowest BCUT2D eigenvalue weighted by Crippen LogP contribution is -2.32. The summed E-state index contributed by atoms with van der Waals surface area (Å²) in [7, 11) is 0.823. The van der Waals surface area contributed by atoms with Crippen LogP contribution in [0.25, 0.3) is 0 Å². The van der Waals surface area contributed by atoms with Crippen molar-refractivity contribution in [3.05, 3.63) is 0 Å². The van der Waals surface area contributed by atoms with Gasteiger partial charge in [-0.3, -0.25) is 0 Å². The highest BCUT2D eigenvalue weighted by Crippen LogP contribution is 2.23. The van der Waals surface area contributed by atoms with Crippen LogP contribution in [0.4, 0.5) is 0 Å². The molecule has 0 saturated carbocycles. The molecule has 0 saturated heterocycles. The Kier molecular flexibility index (Phi) is 4.96. The van der Waals surface area contributed by atoms with Crippen molar-refractivity contribution >= 4 is 10.5 Å². The number of hydrogen-bond acceptors (Lipinski definition) is 2. The van der Waals surface area contributed by atoms with E-state index in [2.05, 4.69) is 20.8 Å². The Morgan fingerprint density at radius 1 is 1.55 bits per heavy atom. The molecule has 0 bridgehead atoms. The van der Waals surface area contributed by atoms with Gasteiger partial charge in [-0.25, -0.2) is 0 Å². The van der Waals surface area contributed by atoms with Gasteiger partial charge in [0, 0.05) is 0 Å². The molecule has 11 heavy (non-hydrogen) atoms. The molecule has 0 heterocycles. The van der Waals surface area contributed by atoms with Gasteiger partial charge in [-0.05, 0) is 39.2 Å². The van der Waals surface area contributed by atoms with Crippen LogP contribution >= 0.6 is 0 Å². The predicted molar refractivity (Wildman–Crippen MR) is 52.6 cm³/mol. The van der Waals surface area contributed by atoms with Gasteiger partial charge < -0.3 is 10.2 Å². The molecule has 3 heteroatoms. The van der Waals surface area contributed by atoms with E-state index in [4.69, 9.17) is 10.2 Å². The fourth-order valence-corrected chi connectivity index (χ4v) is 1.38. The van der Waals surface area contributed by atoms with Crippen molar-refractivity contribution in [2.24, 2.45) is 11.7 Å². The lowest BCUT2D eigenvalue weighted by Gasteiger charge is -2.31. The van der Waals surface area contributed by atoms with Gasteiger partial charge in [0.15, 0.2) is 0 Å². The predicted octanol–water partition coefficient (Wildman–Crippen LogP) is 0.437. The topological polar surface area (TPSA) is 35.2 Å². The van der Waals surface area contributed by atoms with Crippen LogP contribution in [0.2, 0.25) is 0 Å². The first-order valence-corrected chi connectivity index (χ1v) is 5.11. The summed E-state index contributed by atoms with van der Waals surface area (Å²) in [6.07, 6.45) is 2.28. The number of hydrogen-bond donors (Lipinski definition) is 1. The number of nitrogens with two attached hydrogens (primary N) is 1. The largest absolute Gasteiger partial charge is 0.423 e. The van der Waals surface area contributed by atoms with Crippen molar-refractivity contribution in [2.75, 3.05) is 6.54 Å². The van der Waals surface area contributed by atoms with Crippen molar-refractivity contribution in [3.8, 4) is 0 Å². The van der Waals surface area contributed by atoms with Gasteiger partial charge in [-0.2, -0.15) is 0 Å². The van der Waals surface area contributed by atoms with Gasteiger partial charge in [0.2, 0.25) is 0 Å². The second-order valence-electron chi connectivity index (χ2n) is 3.64. The fraction of sp³-hybridized carbons (Fsp3) is 1.00. The van der Waals surface area contributed by atoms with Gasteiger partial charge >= 0.3 is 0 Å². The average Bonchev–Trinajstić information content (AvgIpc) is 2.00. The normalized spacial score (nSPS) is 15.3. The Morgan fingerprint density at radius 3 is 2.45 bits per heavy atom. The molecule has 0 spiro atoms. The van der Waals surface area contributed by atoms with Crippen molar-refractivity contribution in [3.63, 3.8) is 0 Å². The van der Waals surface area contributed by atoms with Gasteiger partial charge in [0.25, 0.3) is 0 Å². The van der Waals surface area contributed by atoms with Gasteiger partial charge in [0.1, 0.15) is 10.5 Å². The summed E-state index contributed by atoms with van der Waals surface area (Å²) < 4.78 is 5.49. The quantitative estimate of drug-likeness (QED) is 0.615. The highest BCUT2D eigenvalue weighted by molar-refractivity contribution is 5.98. The highest BCUT2D eigenvalue weighted by Gasteiger charge is 2.23. The molecule has 0 fully saturated rings. The van der Waals surface area contributed by atoms with Crippen molar-refractivity contribution < 1.29 is 4.43 Å². The van der Waals surface area contributed by atoms with E-state index in [1.165, 1.54) is 6.42 Å². The third-order valence-electron chi connectivity index (χ3n) is 2.55. The first-order chi connectivity index (χ1) is 5.04. The molecule has 0 aliphatic heterocycles. The number of rotatable bonds is 5. The van der Waals surface area contributed by atoms with Crippen LogP contribution < -0.4 is 5.73 Å². The van der Waals surface area contributed by atoms with Crippen LogP contribution in [0.3, 0.4) is 0 Å². The van der Waals surface area contributed by atoms with Crippen LogP contribution in [-0.2, 0) is 4.43 Å². The molecule has 0 rings (SSSR count). The van der Waals surface area contributed by atoms with Crippen molar-refractivity contribution in [1.82, 2.24) is 0 Å². The van der Waals surface area contributed by atoms with Crippen molar-refractivity contribution in [2.45, 2.75) is 39.2 Å². The monoisotopic (exact) mass is 175 g/mol. The fourth-order valence-electron chi connectivity index (χ4n) is 0.973. The van der Waals surface area contributed by atoms with E-state index in [0.29, 0.717) is 5.92 Å². The zero-order valence-corrected chi connectivity index (χ0v) is 10.2. The highest BCUT2D eigenvalue weighted by atomic mass is 28.2. The first-order valence-electron chi connectivity index (χ1n) is 4.29. The van der Waals surface area contributed by atoms with E-state index in [9.17, 15) is 0 Å².